The monoisotopic (exact) mass is 277 g/mol. The summed E-state index contributed by atoms with van der Waals surface area (Å²) in [7, 11) is 0. The number of nitrogens with zero attached hydrogens (tertiary/aromatic N) is 3. The zero-order chi connectivity index (χ0) is 14.5. The average molecular weight is 277 g/mol. The van der Waals surface area contributed by atoms with Crippen LogP contribution in [0.3, 0.4) is 0 Å². The first-order valence-corrected chi connectivity index (χ1v) is 7.72. The van der Waals surface area contributed by atoms with Crippen LogP contribution in [0.15, 0.2) is 0 Å². The molecule has 1 saturated heterocycles. The number of piperidine rings is 1. The van der Waals surface area contributed by atoms with Crippen LogP contribution in [0, 0.1) is 6.92 Å². The van der Waals surface area contributed by atoms with Crippen molar-refractivity contribution in [2.24, 2.45) is 0 Å². The van der Waals surface area contributed by atoms with Crippen LogP contribution in [-0.4, -0.2) is 40.5 Å². The van der Waals surface area contributed by atoms with Gasteiger partial charge in [-0.1, -0.05) is 13.3 Å². The van der Waals surface area contributed by atoms with Gasteiger partial charge in [0.25, 0.3) is 0 Å². The molecule has 1 atom stereocenters. The standard InChI is InChI=1S/C15H27N5/c1-4-13-18-14(16)12(3)15(19-13)17-11(2)10-20-8-6-5-7-9-20/h11H,4-10H2,1-3H3,(H3,16,17,18,19). The molecule has 5 heteroatoms. The van der Waals surface area contributed by atoms with E-state index in [0.717, 1.165) is 30.2 Å². The maximum Gasteiger partial charge on any atom is 0.135 e. The quantitative estimate of drug-likeness (QED) is 0.864. The van der Waals surface area contributed by atoms with Gasteiger partial charge < -0.3 is 16.0 Å². The maximum atomic E-state index is 5.96. The summed E-state index contributed by atoms with van der Waals surface area (Å²) in [5.74, 6) is 2.28. The van der Waals surface area contributed by atoms with Gasteiger partial charge in [0.2, 0.25) is 0 Å². The lowest BCUT2D eigenvalue weighted by molar-refractivity contribution is 0.223. The first-order valence-electron chi connectivity index (χ1n) is 7.72. The molecule has 0 spiro atoms. The van der Waals surface area contributed by atoms with E-state index in [2.05, 4.69) is 27.1 Å². The molecule has 1 aliphatic rings. The van der Waals surface area contributed by atoms with Gasteiger partial charge in [-0.05, 0) is 39.8 Å². The van der Waals surface area contributed by atoms with E-state index >= 15 is 0 Å². The molecule has 112 valence electrons. The van der Waals surface area contributed by atoms with Crippen molar-refractivity contribution in [1.29, 1.82) is 0 Å². The Balaban J connectivity index is 1.99. The molecular formula is C15H27N5. The Morgan fingerprint density at radius 1 is 1.25 bits per heavy atom. The van der Waals surface area contributed by atoms with Crippen molar-refractivity contribution in [3.8, 4) is 0 Å². The fourth-order valence-corrected chi connectivity index (χ4v) is 2.69. The topological polar surface area (TPSA) is 67.1 Å². The third-order valence-electron chi connectivity index (χ3n) is 3.91. The SMILES string of the molecule is CCc1nc(N)c(C)c(NC(C)CN2CCCCC2)n1. The largest absolute Gasteiger partial charge is 0.383 e. The van der Waals surface area contributed by atoms with E-state index in [-0.39, 0.29) is 0 Å². The molecule has 0 aliphatic carbocycles. The fraction of sp³-hybridized carbons (Fsp3) is 0.733. The van der Waals surface area contributed by atoms with Crippen molar-refractivity contribution in [2.45, 2.75) is 52.5 Å². The van der Waals surface area contributed by atoms with Crippen molar-refractivity contribution < 1.29 is 0 Å². The number of nitrogens with one attached hydrogen (secondary N) is 1. The summed E-state index contributed by atoms with van der Waals surface area (Å²) >= 11 is 0. The number of rotatable bonds is 5. The number of likely N-dealkylation sites (tertiary alicyclic amines) is 1. The molecule has 3 N–H and O–H groups in total. The smallest absolute Gasteiger partial charge is 0.135 e. The van der Waals surface area contributed by atoms with Crippen molar-refractivity contribution >= 4 is 11.6 Å². The molecule has 5 nitrogen and oxygen atoms in total. The summed E-state index contributed by atoms with van der Waals surface area (Å²) in [5, 5.41) is 3.50. The lowest BCUT2D eigenvalue weighted by atomic mass is 10.1. The number of nitrogen functional groups attached to an aromatic ring is 1. The Hall–Kier alpha value is -1.36. The van der Waals surface area contributed by atoms with E-state index in [4.69, 9.17) is 5.73 Å². The van der Waals surface area contributed by atoms with Gasteiger partial charge >= 0.3 is 0 Å². The number of aromatic nitrogens is 2. The number of hydrogen-bond donors (Lipinski definition) is 2. The lowest BCUT2D eigenvalue weighted by Crippen LogP contribution is -2.38. The summed E-state index contributed by atoms with van der Waals surface area (Å²) in [6, 6.07) is 0.366. The minimum absolute atomic E-state index is 0.366. The minimum atomic E-state index is 0.366. The van der Waals surface area contributed by atoms with Gasteiger partial charge in [-0.3, -0.25) is 0 Å². The van der Waals surface area contributed by atoms with Gasteiger partial charge in [-0.25, -0.2) is 9.97 Å². The third kappa shape index (κ3) is 3.82. The van der Waals surface area contributed by atoms with Crippen LogP contribution in [0.2, 0.25) is 0 Å². The molecule has 0 aromatic carbocycles. The summed E-state index contributed by atoms with van der Waals surface area (Å²) in [6.45, 7) is 9.73. The van der Waals surface area contributed by atoms with Crippen LogP contribution in [0.5, 0.6) is 0 Å². The van der Waals surface area contributed by atoms with Crippen molar-refractivity contribution in [3.05, 3.63) is 11.4 Å². The summed E-state index contributed by atoms with van der Waals surface area (Å²) in [5.41, 5.74) is 6.91. The number of aryl methyl sites for hydroxylation is 1. The Kier molecular flexibility index (Phi) is 5.17. The molecule has 0 bridgehead atoms. The van der Waals surface area contributed by atoms with Crippen molar-refractivity contribution in [3.63, 3.8) is 0 Å². The van der Waals surface area contributed by atoms with Gasteiger partial charge in [-0.2, -0.15) is 0 Å². The molecule has 0 saturated carbocycles. The Bertz CT molecular complexity index is 440. The fourth-order valence-electron chi connectivity index (χ4n) is 2.69. The van der Waals surface area contributed by atoms with Gasteiger partial charge in [0.15, 0.2) is 0 Å². The molecule has 20 heavy (non-hydrogen) atoms. The number of hydrogen-bond acceptors (Lipinski definition) is 5. The molecule has 1 aromatic heterocycles. The van der Waals surface area contributed by atoms with Crippen LogP contribution >= 0.6 is 0 Å². The second kappa shape index (κ2) is 6.88. The van der Waals surface area contributed by atoms with Gasteiger partial charge in [0.05, 0.1) is 0 Å². The van der Waals surface area contributed by atoms with Crippen LogP contribution < -0.4 is 11.1 Å². The Morgan fingerprint density at radius 3 is 2.60 bits per heavy atom. The highest BCUT2D eigenvalue weighted by Gasteiger charge is 2.15. The van der Waals surface area contributed by atoms with E-state index in [0.29, 0.717) is 11.9 Å². The second-order valence-corrected chi connectivity index (χ2v) is 5.76. The molecule has 0 amide bonds. The van der Waals surface area contributed by atoms with E-state index in [9.17, 15) is 0 Å². The highest BCUT2D eigenvalue weighted by molar-refractivity contribution is 5.55. The first-order chi connectivity index (χ1) is 9.60. The summed E-state index contributed by atoms with van der Waals surface area (Å²) in [4.78, 5) is 11.4. The molecule has 1 unspecified atom stereocenters. The Morgan fingerprint density at radius 2 is 1.95 bits per heavy atom. The molecule has 0 radical (unpaired) electrons. The highest BCUT2D eigenvalue weighted by atomic mass is 15.2. The zero-order valence-corrected chi connectivity index (χ0v) is 12.9. The number of nitrogens with two attached hydrogens (primary N) is 1. The molecule has 2 heterocycles. The van der Waals surface area contributed by atoms with Crippen molar-refractivity contribution in [1.82, 2.24) is 14.9 Å². The minimum Gasteiger partial charge on any atom is -0.383 e. The molecule has 1 aromatic rings. The molecular weight excluding hydrogens is 250 g/mol. The average Bonchev–Trinajstić information content (AvgIpc) is 2.44. The summed E-state index contributed by atoms with van der Waals surface area (Å²) in [6.07, 6.45) is 4.83. The van der Waals surface area contributed by atoms with E-state index in [1.807, 2.05) is 13.8 Å². The Labute approximate surface area is 122 Å². The van der Waals surface area contributed by atoms with E-state index in [1.165, 1.54) is 32.4 Å². The van der Waals surface area contributed by atoms with Crippen LogP contribution in [0.25, 0.3) is 0 Å². The van der Waals surface area contributed by atoms with Crippen LogP contribution in [-0.2, 0) is 6.42 Å². The lowest BCUT2D eigenvalue weighted by Gasteiger charge is -2.29. The predicted octanol–water partition coefficient (Wildman–Crippen LogP) is 2.22. The van der Waals surface area contributed by atoms with Gasteiger partial charge in [0.1, 0.15) is 17.5 Å². The van der Waals surface area contributed by atoms with Crippen LogP contribution in [0.1, 0.15) is 44.5 Å². The highest BCUT2D eigenvalue weighted by Crippen LogP contribution is 2.19. The molecule has 1 aliphatic heterocycles. The van der Waals surface area contributed by atoms with Gasteiger partial charge in [0, 0.05) is 24.6 Å². The molecule has 1 fully saturated rings. The van der Waals surface area contributed by atoms with E-state index in [1.54, 1.807) is 0 Å². The maximum absolute atomic E-state index is 5.96. The second-order valence-electron chi connectivity index (χ2n) is 5.76. The van der Waals surface area contributed by atoms with Crippen LogP contribution in [0.4, 0.5) is 11.6 Å². The zero-order valence-electron chi connectivity index (χ0n) is 12.9. The number of anilines is 2. The summed E-state index contributed by atoms with van der Waals surface area (Å²) < 4.78 is 0. The predicted molar refractivity (Wildman–Crippen MR) is 83.9 cm³/mol. The van der Waals surface area contributed by atoms with E-state index < -0.39 is 0 Å². The van der Waals surface area contributed by atoms with Crippen molar-refractivity contribution in [2.75, 3.05) is 30.7 Å². The molecule has 2 rings (SSSR count). The van der Waals surface area contributed by atoms with Gasteiger partial charge in [-0.15, -0.1) is 0 Å². The third-order valence-corrected chi connectivity index (χ3v) is 3.91. The normalized spacial score (nSPS) is 17.9. The first kappa shape index (κ1) is 15.0.